The lowest BCUT2D eigenvalue weighted by Crippen LogP contribution is -2.38. The van der Waals surface area contributed by atoms with Gasteiger partial charge in [0.2, 0.25) is 5.91 Å². The van der Waals surface area contributed by atoms with E-state index >= 15 is 0 Å². The van der Waals surface area contributed by atoms with Gasteiger partial charge in [0.05, 0.1) is 11.1 Å². The number of carboxylic acid groups (broad SMARTS) is 1. The fourth-order valence-corrected chi connectivity index (χ4v) is 4.43. The quantitative estimate of drug-likeness (QED) is 0.749. The minimum Gasteiger partial charge on any atom is -0.486 e. The predicted molar refractivity (Wildman–Crippen MR) is 108 cm³/mol. The Morgan fingerprint density at radius 2 is 2.07 bits per heavy atom. The van der Waals surface area contributed by atoms with E-state index in [0.717, 1.165) is 24.2 Å². The maximum absolute atomic E-state index is 12.8. The van der Waals surface area contributed by atoms with Crippen LogP contribution < -0.4 is 4.74 Å². The van der Waals surface area contributed by atoms with Crippen LogP contribution in [0, 0.1) is 5.41 Å². The van der Waals surface area contributed by atoms with Gasteiger partial charge in [0.15, 0.2) is 0 Å². The number of carbonyl (C=O) groups excluding carboxylic acids is 1. The van der Waals surface area contributed by atoms with Crippen molar-refractivity contribution in [2.75, 3.05) is 6.54 Å². The molecule has 1 aliphatic rings. The molecule has 0 bridgehead atoms. The van der Waals surface area contributed by atoms with Crippen molar-refractivity contribution in [3.63, 3.8) is 0 Å². The predicted octanol–water partition coefficient (Wildman–Crippen LogP) is 4.78. The normalized spacial score (nSPS) is 17.0. The van der Waals surface area contributed by atoms with Gasteiger partial charge in [-0.2, -0.15) is 0 Å². The van der Waals surface area contributed by atoms with Crippen molar-refractivity contribution in [1.82, 2.24) is 9.88 Å². The standard InChI is InChI=1S/C20H23ClN2O4S/c1-20(2,3)19(26)23-10-6-8-14(23)17-22-13(16(28-17)18(24)25)11-27-15-9-5-4-7-12(15)21/h4-5,7,9,14H,6,8,10-11H2,1-3H3,(H,24,25)/t14-/m0/s1. The summed E-state index contributed by atoms with van der Waals surface area (Å²) < 4.78 is 5.69. The zero-order valence-electron chi connectivity index (χ0n) is 16.1. The van der Waals surface area contributed by atoms with Crippen molar-refractivity contribution in [3.8, 4) is 5.75 Å². The molecule has 1 saturated heterocycles. The molecule has 1 aromatic carbocycles. The first kappa shape index (κ1) is 20.6. The zero-order chi connectivity index (χ0) is 20.5. The summed E-state index contributed by atoms with van der Waals surface area (Å²) in [6, 6.07) is 6.82. The van der Waals surface area contributed by atoms with Gasteiger partial charge in [-0.1, -0.05) is 44.5 Å². The minimum atomic E-state index is -1.05. The summed E-state index contributed by atoms with van der Waals surface area (Å²) in [4.78, 5) is 31.0. The molecule has 1 aromatic heterocycles. The Bertz CT molecular complexity index is 891. The highest BCUT2D eigenvalue weighted by molar-refractivity contribution is 7.13. The van der Waals surface area contributed by atoms with E-state index in [2.05, 4.69) is 4.98 Å². The van der Waals surface area contributed by atoms with Gasteiger partial charge in [-0.25, -0.2) is 9.78 Å². The lowest BCUT2D eigenvalue weighted by Gasteiger charge is -2.29. The number of likely N-dealkylation sites (tertiary alicyclic amines) is 1. The zero-order valence-corrected chi connectivity index (χ0v) is 17.6. The fourth-order valence-electron chi connectivity index (χ4n) is 3.18. The maximum atomic E-state index is 12.8. The number of para-hydroxylation sites is 1. The molecule has 2 aromatic rings. The highest BCUT2D eigenvalue weighted by Gasteiger charge is 2.38. The van der Waals surface area contributed by atoms with E-state index in [1.807, 2.05) is 25.7 Å². The number of hydrogen-bond acceptors (Lipinski definition) is 5. The summed E-state index contributed by atoms with van der Waals surface area (Å²) in [5, 5.41) is 10.7. The number of carbonyl (C=O) groups is 2. The SMILES string of the molecule is CC(C)(C)C(=O)N1CCC[C@H]1c1nc(COc2ccccc2Cl)c(C(=O)O)s1. The first-order valence-electron chi connectivity index (χ1n) is 9.09. The Labute approximate surface area is 173 Å². The van der Waals surface area contributed by atoms with E-state index in [1.54, 1.807) is 24.3 Å². The first-order chi connectivity index (χ1) is 13.2. The number of thiazole rings is 1. The van der Waals surface area contributed by atoms with Crippen molar-refractivity contribution >= 4 is 34.8 Å². The second-order valence-electron chi connectivity index (χ2n) is 7.76. The minimum absolute atomic E-state index is 0.00179. The van der Waals surface area contributed by atoms with Crippen LogP contribution in [0.1, 0.15) is 60.0 Å². The van der Waals surface area contributed by atoms with E-state index in [4.69, 9.17) is 16.3 Å². The third-order valence-electron chi connectivity index (χ3n) is 4.55. The van der Waals surface area contributed by atoms with Crippen LogP contribution in [0.5, 0.6) is 5.75 Å². The molecule has 0 spiro atoms. The molecule has 2 heterocycles. The molecule has 1 aliphatic heterocycles. The number of aromatic carboxylic acids is 1. The third-order valence-corrected chi connectivity index (χ3v) is 6.05. The van der Waals surface area contributed by atoms with Crippen LogP contribution in [0.2, 0.25) is 5.02 Å². The monoisotopic (exact) mass is 422 g/mol. The van der Waals surface area contributed by atoms with Gasteiger partial charge in [0, 0.05) is 12.0 Å². The van der Waals surface area contributed by atoms with Crippen molar-refractivity contribution in [3.05, 3.63) is 44.9 Å². The van der Waals surface area contributed by atoms with Crippen LogP contribution in [0.4, 0.5) is 0 Å². The Balaban J connectivity index is 1.85. The molecule has 150 valence electrons. The number of carboxylic acids is 1. The van der Waals surface area contributed by atoms with E-state index in [9.17, 15) is 14.7 Å². The Kier molecular flexibility index (Phi) is 5.95. The molecule has 1 fully saturated rings. The van der Waals surface area contributed by atoms with Crippen molar-refractivity contribution < 1.29 is 19.4 Å². The molecule has 0 aliphatic carbocycles. The van der Waals surface area contributed by atoms with Crippen LogP contribution in [0.3, 0.4) is 0 Å². The number of nitrogens with zero attached hydrogens (tertiary/aromatic N) is 2. The second kappa shape index (κ2) is 8.09. The summed E-state index contributed by atoms with van der Waals surface area (Å²) in [5.74, 6) is -0.524. The molecule has 1 atom stereocenters. The molecule has 0 unspecified atom stereocenters. The summed E-state index contributed by atoms with van der Waals surface area (Å²) in [6.07, 6.45) is 1.65. The van der Waals surface area contributed by atoms with Crippen molar-refractivity contribution in [2.24, 2.45) is 5.41 Å². The number of rotatable bonds is 5. The smallest absolute Gasteiger partial charge is 0.347 e. The Hall–Kier alpha value is -2.12. The molecule has 3 rings (SSSR count). The molecule has 0 saturated carbocycles. The molecular weight excluding hydrogens is 400 g/mol. The van der Waals surface area contributed by atoms with E-state index < -0.39 is 11.4 Å². The molecule has 6 nitrogen and oxygen atoms in total. The molecular formula is C20H23ClN2O4S. The van der Waals surface area contributed by atoms with E-state index in [-0.39, 0.29) is 23.4 Å². The topological polar surface area (TPSA) is 79.7 Å². The highest BCUT2D eigenvalue weighted by atomic mass is 35.5. The van der Waals surface area contributed by atoms with Crippen LogP contribution in [0.15, 0.2) is 24.3 Å². The van der Waals surface area contributed by atoms with Crippen LogP contribution in [-0.4, -0.2) is 33.4 Å². The van der Waals surface area contributed by atoms with Gasteiger partial charge in [0.1, 0.15) is 27.9 Å². The summed E-state index contributed by atoms with van der Waals surface area (Å²) in [5.41, 5.74) is -0.145. The largest absolute Gasteiger partial charge is 0.486 e. The van der Waals surface area contributed by atoms with Gasteiger partial charge in [0.25, 0.3) is 0 Å². The average Bonchev–Trinajstić information content (AvgIpc) is 3.26. The maximum Gasteiger partial charge on any atom is 0.347 e. The highest BCUT2D eigenvalue weighted by Crippen LogP contribution is 2.38. The molecule has 1 amide bonds. The van der Waals surface area contributed by atoms with Gasteiger partial charge in [-0.15, -0.1) is 11.3 Å². The number of benzene rings is 1. The molecule has 1 N–H and O–H groups in total. The number of aromatic nitrogens is 1. The van der Waals surface area contributed by atoms with E-state index in [0.29, 0.717) is 28.0 Å². The second-order valence-corrected chi connectivity index (χ2v) is 9.20. The van der Waals surface area contributed by atoms with Gasteiger partial charge >= 0.3 is 5.97 Å². The van der Waals surface area contributed by atoms with Crippen LogP contribution in [-0.2, 0) is 11.4 Å². The van der Waals surface area contributed by atoms with Gasteiger partial charge < -0.3 is 14.7 Å². The average molecular weight is 423 g/mol. The van der Waals surface area contributed by atoms with Crippen molar-refractivity contribution in [2.45, 2.75) is 46.3 Å². The summed E-state index contributed by atoms with van der Waals surface area (Å²) in [6.45, 7) is 6.32. The fraction of sp³-hybridized carbons (Fsp3) is 0.450. The number of ether oxygens (including phenoxy) is 1. The van der Waals surface area contributed by atoms with Crippen LogP contribution >= 0.6 is 22.9 Å². The van der Waals surface area contributed by atoms with Crippen molar-refractivity contribution in [1.29, 1.82) is 0 Å². The summed E-state index contributed by atoms with van der Waals surface area (Å²) >= 11 is 7.21. The molecule has 0 radical (unpaired) electrons. The third kappa shape index (κ3) is 4.31. The molecule has 28 heavy (non-hydrogen) atoms. The lowest BCUT2D eigenvalue weighted by atomic mass is 9.94. The summed E-state index contributed by atoms with van der Waals surface area (Å²) in [7, 11) is 0. The first-order valence-corrected chi connectivity index (χ1v) is 10.3. The number of hydrogen-bond donors (Lipinski definition) is 1. The number of halogens is 1. The van der Waals surface area contributed by atoms with E-state index in [1.165, 1.54) is 0 Å². The van der Waals surface area contributed by atoms with Gasteiger partial charge in [-0.05, 0) is 25.0 Å². The number of amides is 1. The molecule has 8 heteroatoms. The lowest BCUT2D eigenvalue weighted by molar-refractivity contribution is -0.140. The Morgan fingerprint density at radius 1 is 1.36 bits per heavy atom. The van der Waals surface area contributed by atoms with Crippen LogP contribution in [0.25, 0.3) is 0 Å². The Morgan fingerprint density at radius 3 is 2.71 bits per heavy atom. The van der Waals surface area contributed by atoms with Gasteiger partial charge in [-0.3, -0.25) is 4.79 Å².